The summed E-state index contributed by atoms with van der Waals surface area (Å²) in [7, 11) is -0.290. The fourth-order valence-corrected chi connectivity index (χ4v) is 1.64. The van der Waals surface area contributed by atoms with Crippen LogP contribution in [0.15, 0.2) is 60.7 Å². The Morgan fingerprint density at radius 2 is 1.67 bits per heavy atom. The molecule has 2 aromatic carbocycles. The molecule has 0 aliphatic rings. The van der Waals surface area contributed by atoms with Crippen LogP contribution in [0.4, 0.5) is 4.79 Å². The van der Waals surface area contributed by atoms with Gasteiger partial charge in [0.25, 0.3) is 0 Å². The topological polar surface area (TPSA) is 58.6 Å². The average molecular weight is 305 g/mol. The molecule has 0 aromatic heterocycles. The molecule has 4 nitrogen and oxygen atoms in total. The molecule has 2 aromatic rings. The quantitative estimate of drug-likeness (QED) is 0.851. The molecule has 2 rings (SSSR count). The van der Waals surface area contributed by atoms with E-state index < -0.39 is 6.09 Å². The number of ether oxygens (including phenoxy) is 1. The van der Waals surface area contributed by atoms with E-state index in [0.29, 0.717) is 0 Å². The fourth-order valence-electron chi connectivity index (χ4n) is 1.42. The zero-order valence-electron chi connectivity index (χ0n) is 12.0. The molecule has 0 spiro atoms. The van der Waals surface area contributed by atoms with Crippen LogP contribution in [0.1, 0.15) is 11.1 Å². The Morgan fingerprint density at radius 1 is 1.10 bits per heavy atom. The van der Waals surface area contributed by atoms with Crippen molar-refractivity contribution in [3.8, 4) is 0 Å². The predicted molar refractivity (Wildman–Crippen MR) is 86.3 cm³/mol. The molecule has 0 aliphatic carbocycles. The molecular weight excluding hydrogens is 285 g/mol. The van der Waals surface area contributed by atoms with Crippen molar-refractivity contribution < 1.29 is 14.4 Å². The Kier molecular flexibility index (Phi) is 8.85. The van der Waals surface area contributed by atoms with Crippen LogP contribution in [-0.2, 0) is 11.3 Å². The normalized spacial score (nSPS) is 9.81. The summed E-state index contributed by atoms with van der Waals surface area (Å²) in [6, 6.07) is 19.7. The minimum absolute atomic E-state index is 0.244. The number of hydrogen-bond donors (Lipinski definition) is 2. The fraction of sp³-hybridized carbons (Fsp3) is 0.188. The van der Waals surface area contributed by atoms with Gasteiger partial charge in [0.2, 0.25) is 0 Å². The van der Waals surface area contributed by atoms with Gasteiger partial charge in [-0.05, 0) is 12.5 Å². The Morgan fingerprint density at radius 3 is 2.14 bits per heavy atom. The molecule has 0 saturated carbocycles. The molecule has 112 valence electrons. The van der Waals surface area contributed by atoms with Crippen molar-refractivity contribution >= 4 is 14.9 Å². The highest BCUT2D eigenvalue weighted by Crippen LogP contribution is 2.01. The summed E-state index contributed by atoms with van der Waals surface area (Å²) in [5.74, 6) is 0. The van der Waals surface area contributed by atoms with E-state index in [9.17, 15) is 4.79 Å². The van der Waals surface area contributed by atoms with Gasteiger partial charge in [0, 0.05) is 8.81 Å². The standard InChI is InChI=1S/C9H12NO3P.C7H8/c11-9(10-7-14-12)13-6-8-4-2-1-3-5-8;1-7-5-3-2-4-6-7/h1-5,12,14H,6-7H2,(H,10,11);2-6H,1H3. The number of hydrogen-bond acceptors (Lipinski definition) is 3. The molecule has 0 fully saturated rings. The molecular formula is C16H20NO3P. The van der Waals surface area contributed by atoms with Crippen LogP contribution in [0, 0.1) is 6.92 Å². The van der Waals surface area contributed by atoms with Crippen molar-refractivity contribution in [1.82, 2.24) is 5.32 Å². The highest BCUT2D eigenvalue weighted by Gasteiger charge is 2.00. The van der Waals surface area contributed by atoms with E-state index in [4.69, 9.17) is 9.63 Å². The van der Waals surface area contributed by atoms with E-state index in [1.165, 1.54) is 5.56 Å². The smallest absolute Gasteiger partial charge is 0.407 e. The van der Waals surface area contributed by atoms with Gasteiger partial charge in [-0.15, -0.1) is 0 Å². The number of aryl methyl sites for hydroxylation is 1. The third-order valence-electron chi connectivity index (χ3n) is 2.46. The largest absolute Gasteiger partial charge is 0.445 e. The second kappa shape index (κ2) is 10.8. The van der Waals surface area contributed by atoms with E-state index in [0.717, 1.165) is 5.56 Å². The molecule has 2 N–H and O–H groups in total. The molecule has 1 atom stereocenters. The van der Waals surface area contributed by atoms with Gasteiger partial charge in [0.15, 0.2) is 0 Å². The first-order chi connectivity index (χ1) is 10.2. The van der Waals surface area contributed by atoms with Crippen LogP contribution < -0.4 is 5.32 Å². The lowest BCUT2D eigenvalue weighted by atomic mass is 10.2. The Labute approximate surface area is 127 Å². The third kappa shape index (κ3) is 8.79. The molecule has 0 saturated heterocycles. The van der Waals surface area contributed by atoms with Gasteiger partial charge < -0.3 is 14.9 Å². The first-order valence-corrected chi connectivity index (χ1v) is 7.71. The van der Waals surface area contributed by atoms with E-state index in [1.54, 1.807) is 0 Å². The van der Waals surface area contributed by atoms with E-state index in [2.05, 4.69) is 24.4 Å². The Bertz CT molecular complexity index is 505. The molecule has 5 heteroatoms. The molecule has 1 unspecified atom stereocenters. The first kappa shape index (κ1) is 17.2. The summed E-state index contributed by atoms with van der Waals surface area (Å²) < 4.78 is 4.87. The zero-order valence-corrected chi connectivity index (χ0v) is 13.0. The number of carbonyl (C=O) groups is 1. The van der Waals surface area contributed by atoms with Gasteiger partial charge in [-0.3, -0.25) is 0 Å². The lowest BCUT2D eigenvalue weighted by molar-refractivity contribution is 0.141. The van der Waals surface area contributed by atoms with Crippen molar-refractivity contribution in [3.63, 3.8) is 0 Å². The highest BCUT2D eigenvalue weighted by molar-refractivity contribution is 7.31. The van der Waals surface area contributed by atoms with E-state index >= 15 is 0 Å². The first-order valence-electron chi connectivity index (χ1n) is 6.55. The number of nitrogens with one attached hydrogen (secondary N) is 1. The summed E-state index contributed by atoms with van der Waals surface area (Å²) in [5, 5.41) is 2.40. The van der Waals surface area contributed by atoms with Crippen LogP contribution >= 0.6 is 8.81 Å². The summed E-state index contributed by atoms with van der Waals surface area (Å²) >= 11 is 0. The Hall–Kier alpha value is -1.90. The van der Waals surface area contributed by atoms with Crippen molar-refractivity contribution in [1.29, 1.82) is 0 Å². The number of rotatable bonds is 4. The van der Waals surface area contributed by atoms with Gasteiger partial charge in [0.05, 0.1) is 6.29 Å². The predicted octanol–water partition coefficient (Wildman–Crippen LogP) is 3.45. The maximum Gasteiger partial charge on any atom is 0.407 e. The van der Waals surface area contributed by atoms with Gasteiger partial charge >= 0.3 is 6.09 Å². The van der Waals surface area contributed by atoms with Crippen molar-refractivity contribution in [3.05, 3.63) is 71.8 Å². The third-order valence-corrected chi connectivity index (χ3v) is 2.80. The number of carbonyl (C=O) groups excluding carboxylic acids is 1. The molecule has 0 bridgehead atoms. The van der Waals surface area contributed by atoms with Gasteiger partial charge in [-0.2, -0.15) is 0 Å². The molecule has 0 aliphatic heterocycles. The van der Waals surface area contributed by atoms with Crippen molar-refractivity contribution in [2.75, 3.05) is 6.29 Å². The number of benzene rings is 2. The maximum absolute atomic E-state index is 10.9. The summed E-state index contributed by atoms with van der Waals surface area (Å²) in [6.45, 7) is 2.33. The lowest BCUT2D eigenvalue weighted by Crippen LogP contribution is -2.22. The van der Waals surface area contributed by atoms with Gasteiger partial charge in [-0.1, -0.05) is 66.2 Å². The van der Waals surface area contributed by atoms with Crippen LogP contribution in [0.5, 0.6) is 0 Å². The monoisotopic (exact) mass is 305 g/mol. The minimum atomic E-state index is -0.504. The maximum atomic E-state index is 10.9. The Balaban J connectivity index is 0.000000262. The molecule has 1 amide bonds. The SMILES string of the molecule is Cc1ccccc1.O=C(NCPO)OCc1ccccc1. The molecule has 0 heterocycles. The highest BCUT2D eigenvalue weighted by atomic mass is 31.1. The van der Waals surface area contributed by atoms with Crippen LogP contribution in [0.3, 0.4) is 0 Å². The summed E-state index contributed by atoms with van der Waals surface area (Å²) in [5.41, 5.74) is 2.26. The summed E-state index contributed by atoms with van der Waals surface area (Å²) in [6.07, 6.45) is -0.261. The van der Waals surface area contributed by atoms with Crippen molar-refractivity contribution in [2.45, 2.75) is 13.5 Å². The lowest BCUT2D eigenvalue weighted by Gasteiger charge is -2.05. The average Bonchev–Trinajstić information content (AvgIpc) is 2.53. The second-order valence-corrected chi connectivity index (χ2v) is 4.90. The van der Waals surface area contributed by atoms with Crippen LogP contribution in [0.25, 0.3) is 0 Å². The summed E-state index contributed by atoms with van der Waals surface area (Å²) in [4.78, 5) is 19.4. The second-order valence-electron chi connectivity index (χ2n) is 4.23. The number of alkyl carbamates (subject to hydrolysis) is 1. The zero-order chi connectivity index (χ0) is 15.3. The van der Waals surface area contributed by atoms with E-state index in [-0.39, 0.29) is 21.7 Å². The molecule has 0 radical (unpaired) electrons. The molecule has 21 heavy (non-hydrogen) atoms. The van der Waals surface area contributed by atoms with Gasteiger partial charge in [-0.25, -0.2) is 4.79 Å². The van der Waals surface area contributed by atoms with Crippen molar-refractivity contribution in [2.24, 2.45) is 0 Å². The van der Waals surface area contributed by atoms with Crippen LogP contribution in [0.2, 0.25) is 0 Å². The van der Waals surface area contributed by atoms with Gasteiger partial charge in [0.1, 0.15) is 6.61 Å². The van der Waals surface area contributed by atoms with E-state index in [1.807, 2.05) is 48.5 Å². The van der Waals surface area contributed by atoms with Crippen LogP contribution in [-0.4, -0.2) is 17.3 Å². The minimum Gasteiger partial charge on any atom is -0.445 e. The number of amides is 1.